The number of nitrogens with zero attached hydrogens (tertiary/aromatic N) is 2. The first-order chi connectivity index (χ1) is 14.3. The van der Waals surface area contributed by atoms with Crippen molar-refractivity contribution in [3.8, 4) is 11.8 Å². The molecule has 0 saturated carbocycles. The number of carbonyl (C=O) groups excluding carboxylic acids is 1. The second-order valence-corrected chi connectivity index (χ2v) is 9.56. The third kappa shape index (κ3) is 3.84. The van der Waals surface area contributed by atoms with E-state index in [-0.39, 0.29) is 49.4 Å². The smallest absolute Gasteiger partial charge is 0.238 e. The van der Waals surface area contributed by atoms with Gasteiger partial charge in [-0.25, -0.2) is 12.8 Å². The molecule has 2 saturated heterocycles. The number of sulfonamides is 1. The first kappa shape index (κ1) is 20.5. The Morgan fingerprint density at radius 2 is 1.63 bits per heavy atom. The Balaban J connectivity index is 1.54. The van der Waals surface area contributed by atoms with Crippen LogP contribution in [0.3, 0.4) is 0 Å². The highest BCUT2D eigenvalue weighted by Crippen LogP contribution is 2.43. The molecule has 2 aromatic rings. The lowest BCUT2D eigenvalue weighted by Crippen LogP contribution is -2.73. The molecule has 0 bridgehead atoms. The Labute approximate surface area is 175 Å². The molecule has 30 heavy (non-hydrogen) atoms. The summed E-state index contributed by atoms with van der Waals surface area (Å²) in [7, 11) is -3.47. The summed E-state index contributed by atoms with van der Waals surface area (Å²) in [5, 5.41) is 9.81. The van der Waals surface area contributed by atoms with E-state index >= 15 is 0 Å². The third-order valence-corrected chi connectivity index (χ3v) is 6.90. The molecule has 2 heterocycles. The molecule has 0 spiro atoms. The highest BCUT2D eigenvalue weighted by Gasteiger charge is 2.54. The summed E-state index contributed by atoms with van der Waals surface area (Å²) in [4.78, 5) is 14.0. The zero-order valence-electron chi connectivity index (χ0n) is 16.3. The number of halogens is 1. The number of rotatable bonds is 3. The van der Waals surface area contributed by atoms with Crippen LogP contribution in [0.25, 0.3) is 0 Å². The van der Waals surface area contributed by atoms with E-state index in [1.165, 1.54) is 16.4 Å². The molecule has 1 amide bonds. The minimum absolute atomic E-state index is 0.150. The van der Waals surface area contributed by atoms with Gasteiger partial charge in [-0.1, -0.05) is 24.0 Å². The van der Waals surface area contributed by atoms with Gasteiger partial charge in [-0.15, -0.1) is 0 Å². The van der Waals surface area contributed by atoms with Crippen molar-refractivity contribution in [3.05, 3.63) is 71.0 Å². The van der Waals surface area contributed by atoms with Gasteiger partial charge in [0.05, 0.1) is 31.5 Å². The quantitative estimate of drug-likeness (QED) is 0.745. The maximum absolute atomic E-state index is 13.0. The van der Waals surface area contributed by atoms with E-state index in [0.717, 1.165) is 17.4 Å². The first-order valence-electron chi connectivity index (χ1n) is 9.52. The Morgan fingerprint density at radius 3 is 2.17 bits per heavy atom. The van der Waals surface area contributed by atoms with E-state index < -0.39 is 10.0 Å². The van der Waals surface area contributed by atoms with E-state index in [2.05, 4.69) is 11.8 Å². The fourth-order valence-electron chi connectivity index (χ4n) is 4.19. The van der Waals surface area contributed by atoms with Gasteiger partial charge in [-0.2, -0.15) is 4.31 Å². The summed E-state index contributed by atoms with van der Waals surface area (Å²) < 4.78 is 38.0. The molecule has 0 aliphatic carbocycles. The van der Waals surface area contributed by atoms with E-state index in [9.17, 15) is 22.7 Å². The van der Waals surface area contributed by atoms with Crippen molar-refractivity contribution in [1.82, 2.24) is 9.21 Å². The lowest BCUT2D eigenvalue weighted by atomic mass is 9.74. The Bertz CT molecular complexity index is 1120. The summed E-state index contributed by atoms with van der Waals surface area (Å²) in [6.07, 6.45) is 1.10. The molecule has 2 fully saturated rings. The van der Waals surface area contributed by atoms with Gasteiger partial charge in [-0.05, 0) is 42.0 Å². The number of aliphatic hydroxyl groups is 1. The van der Waals surface area contributed by atoms with E-state index in [0.29, 0.717) is 5.56 Å². The van der Waals surface area contributed by atoms with Crippen LogP contribution in [-0.4, -0.2) is 66.7 Å². The van der Waals surface area contributed by atoms with Gasteiger partial charge >= 0.3 is 0 Å². The van der Waals surface area contributed by atoms with E-state index in [1.54, 1.807) is 17.0 Å². The van der Waals surface area contributed by atoms with Crippen molar-refractivity contribution in [3.63, 3.8) is 0 Å². The molecule has 4 rings (SSSR count). The fraction of sp³-hybridized carbons (Fsp3) is 0.318. The molecule has 2 aromatic carbocycles. The largest absolute Gasteiger partial charge is 0.394 e. The van der Waals surface area contributed by atoms with Crippen molar-refractivity contribution in [2.24, 2.45) is 0 Å². The maximum Gasteiger partial charge on any atom is 0.238 e. The molecule has 0 radical (unpaired) electrons. The second kappa shape index (κ2) is 7.84. The van der Waals surface area contributed by atoms with Crippen molar-refractivity contribution >= 4 is 15.9 Å². The maximum atomic E-state index is 13.0. The third-order valence-electron chi connectivity index (χ3n) is 5.68. The lowest BCUT2D eigenvalue weighted by Gasteiger charge is -2.58. The molecule has 2 aliphatic rings. The van der Waals surface area contributed by atoms with Crippen LogP contribution in [0.15, 0.2) is 48.5 Å². The number of amides is 1. The summed E-state index contributed by atoms with van der Waals surface area (Å²) in [6.45, 7) is -0.147. The predicted octanol–water partition coefficient (Wildman–Crippen LogP) is 1.16. The van der Waals surface area contributed by atoms with Gasteiger partial charge in [-0.3, -0.25) is 4.79 Å². The molecule has 2 aliphatic heterocycles. The Hall–Kier alpha value is -2.73. The molecule has 156 valence electrons. The topological polar surface area (TPSA) is 77.9 Å². The number of hydrogen-bond donors (Lipinski definition) is 1. The lowest BCUT2D eigenvalue weighted by molar-refractivity contribution is -0.158. The molecule has 0 unspecified atom stereocenters. The highest BCUT2D eigenvalue weighted by molar-refractivity contribution is 7.88. The van der Waals surface area contributed by atoms with Gasteiger partial charge in [0.15, 0.2) is 0 Å². The van der Waals surface area contributed by atoms with Gasteiger partial charge in [0.25, 0.3) is 0 Å². The highest BCUT2D eigenvalue weighted by atomic mass is 32.2. The number of aliphatic hydroxyl groups excluding tert-OH is 1. The monoisotopic (exact) mass is 428 g/mol. The molecule has 3 atom stereocenters. The van der Waals surface area contributed by atoms with Crippen LogP contribution >= 0.6 is 0 Å². The number of hydrogen-bond acceptors (Lipinski definition) is 4. The van der Waals surface area contributed by atoms with Crippen LogP contribution in [0.1, 0.15) is 22.6 Å². The molecular weight excluding hydrogens is 407 g/mol. The van der Waals surface area contributed by atoms with E-state index in [4.69, 9.17) is 0 Å². The minimum Gasteiger partial charge on any atom is -0.394 e. The van der Waals surface area contributed by atoms with Gasteiger partial charge in [0.2, 0.25) is 15.9 Å². The second-order valence-electron chi connectivity index (χ2n) is 7.58. The number of piperazine rings is 1. The van der Waals surface area contributed by atoms with E-state index in [1.807, 2.05) is 24.3 Å². The molecule has 8 heteroatoms. The normalized spacial score (nSPS) is 23.9. The van der Waals surface area contributed by atoms with Crippen molar-refractivity contribution < 1.29 is 22.7 Å². The van der Waals surface area contributed by atoms with Crippen molar-refractivity contribution in [2.75, 3.05) is 26.0 Å². The summed E-state index contributed by atoms with van der Waals surface area (Å²) in [5.41, 5.74) is 2.40. The van der Waals surface area contributed by atoms with Crippen LogP contribution in [-0.2, 0) is 14.8 Å². The summed E-state index contributed by atoms with van der Waals surface area (Å²) >= 11 is 0. The zero-order chi connectivity index (χ0) is 21.5. The van der Waals surface area contributed by atoms with Crippen LogP contribution < -0.4 is 0 Å². The number of carbonyl (C=O) groups is 1. The van der Waals surface area contributed by atoms with Gasteiger partial charge in [0, 0.05) is 23.6 Å². The summed E-state index contributed by atoms with van der Waals surface area (Å²) in [5.74, 6) is 5.25. The summed E-state index contributed by atoms with van der Waals surface area (Å²) in [6, 6.07) is 12.8. The molecular formula is C22H21FN2O4S. The van der Waals surface area contributed by atoms with Gasteiger partial charge in [0.1, 0.15) is 5.82 Å². The van der Waals surface area contributed by atoms with Crippen molar-refractivity contribution in [2.45, 2.75) is 18.0 Å². The van der Waals surface area contributed by atoms with Crippen LogP contribution in [0.5, 0.6) is 0 Å². The SMILES string of the molecule is CS(=O)(=O)N1CC(=O)N2[C@H](C1)[C@H](c1ccc(C#Cc3ccc(F)cc3)cc1)[C@@H]2CO. The average Bonchev–Trinajstić information content (AvgIpc) is 2.69. The van der Waals surface area contributed by atoms with Crippen LogP contribution in [0.2, 0.25) is 0 Å². The Morgan fingerprint density at radius 1 is 1.07 bits per heavy atom. The number of benzene rings is 2. The van der Waals surface area contributed by atoms with Crippen molar-refractivity contribution in [1.29, 1.82) is 0 Å². The van der Waals surface area contributed by atoms with Crippen LogP contribution in [0.4, 0.5) is 4.39 Å². The zero-order valence-corrected chi connectivity index (χ0v) is 17.1. The minimum atomic E-state index is -3.47. The fourth-order valence-corrected chi connectivity index (χ4v) is 4.96. The number of fused-ring (bicyclic) bond motifs is 1. The average molecular weight is 428 g/mol. The Kier molecular flexibility index (Phi) is 5.36. The molecule has 6 nitrogen and oxygen atoms in total. The first-order valence-corrected chi connectivity index (χ1v) is 11.4. The molecule has 0 aromatic heterocycles. The molecule has 1 N–H and O–H groups in total. The van der Waals surface area contributed by atoms with Gasteiger partial charge < -0.3 is 10.0 Å². The standard InChI is InChI=1S/C22H21FN2O4S/c1-30(28,29)24-12-19-22(20(14-26)25(19)21(27)13-24)17-8-4-15(5-9-17)2-3-16-6-10-18(23)11-7-16/h4-11,19-20,22,26H,12-14H2,1H3/t19-,20+,22+/m1/s1. The predicted molar refractivity (Wildman–Crippen MR) is 109 cm³/mol. The van der Waals surface area contributed by atoms with Crippen LogP contribution in [0, 0.1) is 17.7 Å².